The van der Waals surface area contributed by atoms with E-state index in [0.29, 0.717) is 5.69 Å². The normalized spacial score (nSPS) is 14.3. The van der Waals surface area contributed by atoms with E-state index >= 15 is 0 Å². The average molecular weight is 360 g/mol. The van der Waals surface area contributed by atoms with Crippen molar-refractivity contribution in [2.45, 2.75) is 24.6 Å². The maximum Gasteiger partial charge on any atom is 0.418 e. The van der Waals surface area contributed by atoms with Gasteiger partial charge in [-0.25, -0.2) is 9.07 Å². The summed E-state index contributed by atoms with van der Waals surface area (Å²) < 4.78 is 52.4. The number of alkyl halides is 3. The lowest BCUT2D eigenvalue weighted by Crippen LogP contribution is -2.51. The molecule has 5 N–H and O–H groups in total. The molecule has 2 rings (SSSR count). The van der Waals surface area contributed by atoms with Crippen LogP contribution in [-0.4, -0.2) is 39.0 Å². The molecular formula is C15H16F4N4O2. The van der Waals surface area contributed by atoms with Crippen molar-refractivity contribution in [2.24, 2.45) is 5.73 Å². The third kappa shape index (κ3) is 3.80. The number of benzene rings is 1. The summed E-state index contributed by atoms with van der Waals surface area (Å²) in [6.07, 6.45) is -5.36. The van der Waals surface area contributed by atoms with Gasteiger partial charge >= 0.3 is 6.18 Å². The number of ketones is 1. The van der Waals surface area contributed by atoms with Crippen LogP contribution in [0, 0.1) is 5.82 Å². The summed E-state index contributed by atoms with van der Waals surface area (Å²) in [5.74, 6) is -1.29. The Bertz CT molecular complexity index is 758. The fraction of sp³-hybridized carbons (Fsp3) is 0.333. The van der Waals surface area contributed by atoms with Gasteiger partial charge in [0, 0.05) is 13.0 Å². The van der Waals surface area contributed by atoms with Gasteiger partial charge in [-0.1, -0.05) is 0 Å². The van der Waals surface area contributed by atoms with Crippen molar-refractivity contribution in [1.82, 2.24) is 9.78 Å². The molecular weight excluding hydrogens is 344 g/mol. The fourth-order valence-corrected chi connectivity index (χ4v) is 2.18. The molecule has 25 heavy (non-hydrogen) atoms. The monoisotopic (exact) mass is 360 g/mol. The number of Topliss-reactive ketones (excluding diaryl/α,β-unsaturated/α-hetero) is 1. The summed E-state index contributed by atoms with van der Waals surface area (Å²) in [6, 6.07) is 5.10. The molecule has 10 heteroatoms. The smallest absolute Gasteiger partial charge is 0.383 e. The second-order valence-electron chi connectivity index (χ2n) is 5.49. The Labute approximate surface area is 140 Å². The number of hydrogen-bond acceptors (Lipinski definition) is 5. The highest BCUT2D eigenvalue weighted by atomic mass is 19.4. The highest BCUT2D eigenvalue weighted by Crippen LogP contribution is 2.34. The van der Waals surface area contributed by atoms with E-state index in [9.17, 15) is 27.5 Å². The van der Waals surface area contributed by atoms with Crippen LogP contribution in [0.5, 0.6) is 0 Å². The Hall–Kier alpha value is -2.46. The summed E-state index contributed by atoms with van der Waals surface area (Å²) in [5, 5.41) is 13.4. The van der Waals surface area contributed by atoms with E-state index in [4.69, 9.17) is 11.5 Å². The number of hydrogen-bond donors (Lipinski definition) is 3. The molecule has 0 saturated heterocycles. The van der Waals surface area contributed by atoms with Crippen molar-refractivity contribution in [3.8, 4) is 5.69 Å². The van der Waals surface area contributed by atoms with Gasteiger partial charge in [-0.2, -0.15) is 18.3 Å². The molecule has 1 aromatic heterocycles. The molecule has 0 aliphatic rings. The van der Waals surface area contributed by atoms with Crippen LogP contribution in [-0.2, 0) is 0 Å². The third-order valence-electron chi connectivity index (χ3n) is 3.81. The van der Waals surface area contributed by atoms with Crippen LogP contribution in [0.15, 0.2) is 30.5 Å². The van der Waals surface area contributed by atoms with Gasteiger partial charge in [0.25, 0.3) is 0 Å². The first-order chi connectivity index (χ1) is 11.6. The number of nitrogens with zero attached hydrogens (tertiary/aromatic N) is 2. The molecule has 0 saturated carbocycles. The Morgan fingerprint density at radius 1 is 1.24 bits per heavy atom. The van der Waals surface area contributed by atoms with Crippen LogP contribution in [0.2, 0.25) is 0 Å². The van der Waals surface area contributed by atoms with Crippen molar-refractivity contribution >= 4 is 11.6 Å². The molecule has 0 bridgehead atoms. The van der Waals surface area contributed by atoms with Gasteiger partial charge in [0.2, 0.25) is 0 Å². The molecule has 1 unspecified atom stereocenters. The second kappa shape index (κ2) is 6.81. The van der Waals surface area contributed by atoms with Gasteiger partial charge < -0.3 is 16.6 Å². The molecule has 0 fully saturated rings. The summed E-state index contributed by atoms with van der Waals surface area (Å²) in [6.45, 7) is -1.06. The number of nitrogens with two attached hydrogens (primary N) is 2. The van der Waals surface area contributed by atoms with Gasteiger partial charge in [0.15, 0.2) is 11.4 Å². The second-order valence-corrected chi connectivity index (χ2v) is 5.49. The SMILES string of the molecule is NCC(O)(CCC(=O)c1cnn(-c2ccc(F)cc2)c1N)C(F)(F)F. The Kier molecular flexibility index (Phi) is 5.14. The van der Waals surface area contributed by atoms with E-state index in [2.05, 4.69) is 5.10 Å². The molecule has 6 nitrogen and oxygen atoms in total. The molecule has 2 aromatic rings. The number of halogens is 4. The fourth-order valence-electron chi connectivity index (χ4n) is 2.18. The Balaban J connectivity index is 2.17. The lowest BCUT2D eigenvalue weighted by molar-refractivity contribution is -0.257. The zero-order valence-corrected chi connectivity index (χ0v) is 12.9. The molecule has 0 radical (unpaired) electrons. The molecule has 1 heterocycles. The minimum Gasteiger partial charge on any atom is -0.383 e. The standard InChI is InChI=1S/C15H16F4N4O2/c16-9-1-3-10(4-2-9)23-13(21)11(7-22-23)12(24)5-6-14(25,8-20)15(17,18)19/h1-4,7,25H,5-6,8,20-21H2. The molecule has 0 aliphatic heterocycles. The molecule has 0 spiro atoms. The van der Waals surface area contributed by atoms with E-state index in [-0.39, 0.29) is 11.4 Å². The number of carbonyl (C=O) groups excluding carboxylic acids is 1. The van der Waals surface area contributed by atoms with Crippen LogP contribution in [0.3, 0.4) is 0 Å². The van der Waals surface area contributed by atoms with E-state index in [1.807, 2.05) is 0 Å². The van der Waals surface area contributed by atoms with Gasteiger partial charge in [0.05, 0.1) is 17.4 Å². The van der Waals surface area contributed by atoms with E-state index in [1.54, 1.807) is 0 Å². The van der Waals surface area contributed by atoms with Gasteiger partial charge in [0.1, 0.15) is 11.6 Å². The number of aromatic nitrogens is 2. The first kappa shape index (κ1) is 18.9. The largest absolute Gasteiger partial charge is 0.418 e. The summed E-state index contributed by atoms with van der Waals surface area (Å²) >= 11 is 0. The molecule has 0 amide bonds. The first-order valence-corrected chi connectivity index (χ1v) is 7.21. The minimum atomic E-state index is -4.95. The quantitative estimate of drug-likeness (QED) is 0.538. The van der Waals surface area contributed by atoms with Gasteiger partial charge in [-0.05, 0) is 30.7 Å². The number of anilines is 1. The van der Waals surface area contributed by atoms with Crippen molar-refractivity contribution in [3.05, 3.63) is 41.8 Å². The van der Waals surface area contributed by atoms with E-state index in [0.717, 1.165) is 10.9 Å². The third-order valence-corrected chi connectivity index (χ3v) is 3.81. The first-order valence-electron chi connectivity index (χ1n) is 7.21. The molecule has 1 atom stereocenters. The van der Waals surface area contributed by atoms with E-state index < -0.39 is 42.8 Å². The van der Waals surface area contributed by atoms with Crippen molar-refractivity contribution in [3.63, 3.8) is 0 Å². The lowest BCUT2D eigenvalue weighted by Gasteiger charge is -2.28. The average Bonchev–Trinajstić information content (AvgIpc) is 2.93. The zero-order valence-electron chi connectivity index (χ0n) is 12.9. The lowest BCUT2D eigenvalue weighted by atomic mass is 9.94. The number of rotatable bonds is 6. The maximum absolute atomic E-state index is 12.9. The molecule has 1 aromatic carbocycles. The number of carbonyl (C=O) groups is 1. The predicted molar refractivity (Wildman–Crippen MR) is 81.6 cm³/mol. The minimum absolute atomic E-state index is 0.0918. The van der Waals surface area contributed by atoms with Crippen molar-refractivity contribution in [2.75, 3.05) is 12.3 Å². The highest BCUT2D eigenvalue weighted by molar-refractivity contribution is 6.00. The van der Waals surface area contributed by atoms with E-state index in [1.165, 1.54) is 24.3 Å². The van der Waals surface area contributed by atoms with Crippen LogP contribution in [0.4, 0.5) is 23.4 Å². The molecule has 136 valence electrons. The number of nitrogen functional groups attached to an aromatic ring is 1. The zero-order chi connectivity index (χ0) is 18.8. The summed E-state index contributed by atoms with van der Waals surface area (Å²) in [7, 11) is 0. The van der Waals surface area contributed by atoms with Crippen LogP contribution in [0.25, 0.3) is 5.69 Å². The van der Waals surface area contributed by atoms with Crippen LogP contribution >= 0.6 is 0 Å². The van der Waals surface area contributed by atoms with Gasteiger partial charge in [-0.15, -0.1) is 0 Å². The topological polar surface area (TPSA) is 107 Å². The Morgan fingerprint density at radius 2 is 1.84 bits per heavy atom. The molecule has 0 aliphatic carbocycles. The predicted octanol–water partition coefficient (Wildman–Crippen LogP) is 1.81. The maximum atomic E-state index is 12.9. The van der Waals surface area contributed by atoms with Crippen molar-refractivity contribution in [1.29, 1.82) is 0 Å². The number of aliphatic hydroxyl groups is 1. The van der Waals surface area contributed by atoms with Crippen LogP contribution < -0.4 is 11.5 Å². The summed E-state index contributed by atoms with van der Waals surface area (Å²) in [5.41, 5.74) is 7.94. The van der Waals surface area contributed by atoms with Crippen LogP contribution in [0.1, 0.15) is 23.2 Å². The highest BCUT2D eigenvalue weighted by Gasteiger charge is 2.52. The van der Waals surface area contributed by atoms with Crippen molar-refractivity contribution < 1.29 is 27.5 Å². The summed E-state index contributed by atoms with van der Waals surface area (Å²) in [4.78, 5) is 12.1. The van der Waals surface area contributed by atoms with Gasteiger partial charge in [-0.3, -0.25) is 4.79 Å². The Morgan fingerprint density at radius 3 is 2.36 bits per heavy atom.